The molecule has 1 atom stereocenters. The Kier molecular flexibility index (Phi) is 4.05. The van der Waals surface area contributed by atoms with E-state index in [0.717, 1.165) is 12.8 Å². The molecule has 1 aliphatic rings. The van der Waals surface area contributed by atoms with Crippen molar-refractivity contribution >= 4 is 11.8 Å². The van der Waals surface area contributed by atoms with Gasteiger partial charge in [0.15, 0.2) is 0 Å². The highest BCUT2D eigenvalue weighted by Crippen LogP contribution is 2.28. The Morgan fingerprint density at radius 2 is 1.72 bits per heavy atom. The third-order valence-electron chi connectivity index (χ3n) is 3.84. The molecule has 0 aromatic rings. The van der Waals surface area contributed by atoms with Crippen molar-refractivity contribution in [1.29, 1.82) is 0 Å². The van der Waals surface area contributed by atoms with Crippen LogP contribution in [0.3, 0.4) is 0 Å². The highest BCUT2D eigenvalue weighted by molar-refractivity contribution is 5.90. The minimum absolute atomic E-state index is 0.128. The van der Waals surface area contributed by atoms with Gasteiger partial charge in [0.1, 0.15) is 6.04 Å². The van der Waals surface area contributed by atoms with Crippen LogP contribution in [0.5, 0.6) is 0 Å². The summed E-state index contributed by atoms with van der Waals surface area (Å²) in [5.74, 6) is -0.329. The topological polar surface area (TPSA) is 84.2 Å². The van der Waals surface area contributed by atoms with Gasteiger partial charge in [-0.15, -0.1) is 0 Å². The maximum atomic E-state index is 12.2. The van der Waals surface area contributed by atoms with Crippen molar-refractivity contribution in [1.82, 2.24) is 10.6 Å². The lowest BCUT2D eigenvalue weighted by molar-refractivity contribution is -0.136. The van der Waals surface area contributed by atoms with E-state index < -0.39 is 17.0 Å². The van der Waals surface area contributed by atoms with E-state index >= 15 is 0 Å². The quantitative estimate of drug-likeness (QED) is 0.670. The predicted molar refractivity (Wildman–Crippen MR) is 70.8 cm³/mol. The smallest absolute Gasteiger partial charge is 0.242 e. The normalized spacial score (nSPS) is 18.1. The Morgan fingerprint density at radius 1 is 1.22 bits per heavy atom. The molecule has 0 aromatic heterocycles. The van der Waals surface area contributed by atoms with Crippen LogP contribution in [0.4, 0.5) is 0 Å². The first-order valence-electron chi connectivity index (χ1n) is 6.46. The molecule has 0 spiro atoms. The van der Waals surface area contributed by atoms with Gasteiger partial charge in [-0.2, -0.15) is 0 Å². The molecule has 1 rings (SSSR count). The first kappa shape index (κ1) is 15.0. The molecular formula is C13H25N3O2. The van der Waals surface area contributed by atoms with E-state index in [1.165, 1.54) is 0 Å². The second kappa shape index (κ2) is 4.88. The Hall–Kier alpha value is -1.10. The van der Waals surface area contributed by atoms with Crippen LogP contribution in [0.15, 0.2) is 0 Å². The third-order valence-corrected chi connectivity index (χ3v) is 3.84. The van der Waals surface area contributed by atoms with Gasteiger partial charge in [0.25, 0.3) is 0 Å². The fourth-order valence-corrected chi connectivity index (χ4v) is 1.29. The third kappa shape index (κ3) is 3.45. The second-order valence-corrected chi connectivity index (χ2v) is 6.32. The zero-order valence-electron chi connectivity index (χ0n) is 12.0. The number of nitrogens with one attached hydrogen (secondary N) is 2. The molecule has 0 aliphatic heterocycles. The zero-order valence-corrected chi connectivity index (χ0v) is 12.0. The molecule has 18 heavy (non-hydrogen) atoms. The van der Waals surface area contributed by atoms with Crippen LogP contribution in [0.25, 0.3) is 0 Å². The van der Waals surface area contributed by atoms with Gasteiger partial charge in [-0.3, -0.25) is 9.59 Å². The maximum absolute atomic E-state index is 12.2. The van der Waals surface area contributed by atoms with E-state index in [2.05, 4.69) is 10.6 Å². The van der Waals surface area contributed by atoms with Gasteiger partial charge >= 0.3 is 0 Å². The van der Waals surface area contributed by atoms with Gasteiger partial charge in [0.05, 0.1) is 5.41 Å². The fraction of sp³-hybridized carbons (Fsp3) is 0.846. The van der Waals surface area contributed by atoms with E-state index in [-0.39, 0.29) is 11.8 Å². The lowest BCUT2D eigenvalue weighted by Crippen LogP contribution is -2.58. The molecule has 0 heterocycles. The first-order chi connectivity index (χ1) is 8.05. The molecule has 1 aliphatic carbocycles. The van der Waals surface area contributed by atoms with Gasteiger partial charge in [0.2, 0.25) is 11.8 Å². The summed E-state index contributed by atoms with van der Waals surface area (Å²) in [6, 6.07) is -0.226. The molecule has 1 fully saturated rings. The summed E-state index contributed by atoms with van der Waals surface area (Å²) in [5.41, 5.74) is 4.61. The number of carbonyl (C=O) groups is 2. The maximum Gasteiger partial charge on any atom is 0.242 e. The SMILES string of the molecule is CC(NC(=O)C(C)(C)C(C)(C)N)C(=O)NC1CC1. The molecule has 1 unspecified atom stereocenters. The van der Waals surface area contributed by atoms with Crippen molar-refractivity contribution in [2.24, 2.45) is 11.1 Å². The highest BCUT2D eigenvalue weighted by Gasteiger charge is 2.41. The van der Waals surface area contributed by atoms with Crippen molar-refractivity contribution in [3.63, 3.8) is 0 Å². The van der Waals surface area contributed by atoms with Crippen LogP contribution in [-0.4, -0.2) is 29.4 Å². The molecule has 4 N–H and O–H groups in total. The van der Waals surface area contributed by atoms with Crippen LogP contribution < -0.4 is 16.4 Å². The average molecular weight is 255 g/mol. The summed E-state index contributed by atoms with van der Waals surface area (Å²) in [7, 11) is 0. The van der Waals surface area contributed by atoms with E-state index in [9.17, 15) is 9.59 Å². The van der Waals surface area contributed by atoms with E-state index in [0.29, 0.717) is 6.04 Å². The lowest BCUT2D eigenvalue weighted by Gasteiger charge is -2.37. The molecule has 1 saturated carbocycles. The highest BCUT2D eigenvalue weighted by atomic mass is 16.2. The number of carbonyl (C=O) groups excluding carboxylic acids is 2. The minimum atomic E-state index is -0.735. The molecule has 0 aromatic carbocycles. The van der Waals surface area contributed by atoms with Crippen molar-refractivity contribution in [2.75, 3.05) is 0 Å². The van der Waals surface area contributed by atoms with Crippen LogP contribution in [0.1, 0.15) is 47.5 Å². The number of nitrogens with two attached hydrogens (primary N) is 1. The summed E-state index contributed by atoms with van der Waals surface area (Å²) >= 11 is 0. The Morgan fingerprint density at radius 3 is 2.11 bits per heavy atom. The van der Waals surface area contributed by atoms with Crippen molar-refractivity contribution in [2.45, 2.75) is 65.1 Å². The van der Waals surface area contributed by atoms with Gasteiger partial charge < -0.3 is 16.4 Å². The summed E-state index contributed by atoms with van der Waals surface area (Å²) in [6.07, 6.45) is 2.07. The largest absolute Gasteiger partial charge is 0.352 e. The van der Waals surface area contributed by atoms with Crippen molar-refractivity contribution in [3.05, 3.63) is 0 Å². The van der Waals surface area contributed by atoms with Crippen LogP contribution in [-0.2, 0) is 9.59 Å². The van der Waals surface area contributed by atoms with E-state index in [1.54, 1.807) is 20.8 Å². The standard InChI is InChI=1S/C13H25N3O2/c1-8(10(17)16-9-6-7-9)15-11(18)12(2,3)13(4,5)14/h8-9H,6-7,14H2,1-5H3,(H,15,18)(H,16,17). The van der Waals surface area contributed by atoms with Gasteiger partial charge in [-0.05, 0) is 47.5 Å². The molecule has 104 valence electrons. The molecule has 0 saturated heterocycles. The predicted octanol–water partition coefficient (Wildman–Crippen LogP) is 0.533. The summed E-state index contributed by atoms with van der Waals surface area (Å²) < 4.78 is 0. The monoisotopic (exact) mass is 255 g/mol. The fourth-order valence-electron chi connectivity index (χ4n) is 1.29. The van der Waals surface area contributed by atoms with Crippen LogP contribution in [0.2, 0.25) is 0 Å². The molecule has 5 nitrogen and oxygen atoms in total. The number of hydrogen-bond donors (Lipinski definition) is 3. The first-order valence-corrected chi connectivity index (χ1v) is 6.46. The molecule has 2 amide bonds. The van der Waals surface area contributed by atoms with E-state index in [1.807, 2.05) is 13.8 Å². The van der Waals surface area contributed by atoms with Crippen molar-refractivity contribution < 1.29 is 9.59 Å². The molecule has 0 radical (unpaired) electrons. The Bertz CT molecular complexity index is 341. The van der Waals surface area contributed by atoms with Gasteiger partial charge in [-0.1, -0.05) is 0 Å². The lowest BCUT2D eigenvalue weighted by atomic mass is 9.74. The Labute approximate surface area is 109 Å². The minimum Gasteiger partial charge on any atom is -0.352 e. The summed E-state index contributed by atoms with van der Waals surface area (Å²) in [4.78, 5) is 23.9. The number of hydrogen-bond acceptors (Lipinski definition) is 3. The molecular weight excluding hydrogens is 230 g/mol. The van der Waals surface area contributed by atoms with Crippen molar-refractivity contribution in [3.8, 4) is 0 Å². The summed E-state index contributed by atoms with van der Waals surface area (Å²) in [5, 5.41) is 5.59. The average Bonchev–Trinajstić information content (AvgIpc) is 2.99. The molecule has 5 heteroatoms. The molecule has 0 bridgehead atoms. The Balaban J connectivity index is 2.55. The van der Waals surface area contributed by atoms with Gasteiger partial charge in [0, 0.05) is 11.6 Å². The van der Waals surface area contributed by atoms with Crippen LogP contribution >= 0.6 is 0 Å². The zero-order chi connectivity index (χ0) is 14.1. The van der Waals surface area contributed by atoms with Gasteiger partial charge in [-0.25, -0.2) is 0 Å². The number of amides is 2. The van der Waals surface area contributed by atoms with Crippen LogP contribution in [0, 0.1) is 5.41 Å². The van der Waals surface area contributed by atoms with E-state index in [4.69, 9.17) is 5.73 Å². The number of rotatable bonds is 5. The summed E-state index contributed by atoms with van der Waals surface area (Å²) in [6.45, 7) is 8.87. The second-order valence-electron chi connectivity index (χ2n) is 6.32.